The van der Waals surface area contributed by atoms with Crippen molar-refractivity contribution in [1.29, 1.82) is 0 Å². The van der Waals surface area contributed by atoms with Crippen molar-refractivity contribution in [2.45, 2.75) is 0 Å². The number of rotatable bonds is 1. The third kappa shape index (κ3) is 1.40. The molecule has 0 saturated carbocycles. The lowest BCUT2D eigenvalue weighted by atomic mass is 10.4. The van der Waals surface area contributed by atoms with Crippen LogP contribution in [0, 0.1) is 2.88 Å². The number of halogens is 1. The zero-order valence-corrected chi connectivity index (χ0v) is 9.44. The van der Waals surface area contributed by atoms with Crippen LogP contribution in [-0.2, 0) is 0 Å². The molecule has 0 bridgehead atoms. The van der Waals surface area contributed by atoms with Crippen molar-refractivity contribution in [3.63, 3.8) is 0 Å². The van der Waals surface area contributed by atoms with Gasteiger partial charge in [0.2, 0.25) is 0 Å². The lowest BCUT2D eigenvalue weighted by molar-refractivity contribution is 1.35. The highest BCUT2D eigenvalue weighted by atomic mass is 127. The number of hydrogen-bond donors (Lipinski definition) is 1. The van der Waals surface area contributed by atoms with Gasteiger partial charge in [0.25, 0.3) is 0 Å². The molecule has 2 nitrogen and oxygen atoms in total. The van der Waals surface area contributed by atoms with Gasteiger partial charge in [-0.3, -0.25) is 0 Å². The summed E-state index contributed by atoms with van der Waals surface area (Å²) in [6.07, 6.45) is 0. The minimum atomic E-state index is 0.928. The van der Waals surface area contributed by atoms with Gasteiger partial charge >= 0.3 is 0 Å². The Bertz CT molecular complexity index is 410. The monoisotopic (exact) mass is 290 g/mol. The van der Waals surface area contributed by atoms with Crippen LogP contribution in [0.5, 0.6) is 0 Å². The molecular weight excluding hydrogens is 283 g/mol. The van der Waals surface area contributed by atoms with E-state index < -0.39 is 0 Å². The number of fused-ring (bicyclic) bond motifs is 1. The van der Waals surface area contributed by atoms with Crippen LogP contribution in [0.2, 0.25) is 0 Å². The first-order valence-corrected chi connectivity index (χ1v) is 5.43. The molecule has 0 aliphatic carbocycles. The average molecular weight is 290 g/mol. The number of aromatic nitrogens is 1. The Morgan fingerprint density at radius 3 is 3.08 bits per heavy atom. The highest BCUT2D eigenvalue weighted by molar-refractivity contribution is 14.1. The van der Waals surface area contributed by atoms with Crippen molar-refractivity contribution < 1.29 is 0 Å². The second kappa shape index (κ2) is 3.18. The van der Waals surface area contributed by atoms with Crippen LogP contribution in [0.15, 0.2) is 18.2 Å². The molecular formula is C8H7IN2S. The molecule has 12 heavy (non-hydrogen) atoms. The molecule has 0 aliphatic rings. The lowest BCUT2D eigenvalue weighted by Gasteiger charge is -1.96. The van der Waals surface area contributed by atoms with Gasteiger partial charge in [-0.15, -0.1) is 11.3 Å². The van der Waals surface area contributed by atoms with Gasteiger partial charge in [-0.25, -0.2) is 4.98 Å². The maximum Gasteiger partial charge on any atom is 0.126 e. The first-order chi connectivity index (χ1) is 5.79. The summed E-state index contributed by atoms with van der Waals surface area (Å²) < 4.78 is 2.53. The van der Waals surface area contributed by atoms with Crippen molar-refractivity contribution in [2.24, 2.45) is 0 Å². The number of thiophene rings is 1. The van der Waals surface area contributed by atoms with E-state index in [-0.39, 0.29) is 0 Å². The Morgan fingerprint density at radius 1 is 1.50 bits per heavy atom. The largest absolute Gasteiger partial charge is 0.373 e. The third-order valence-electron chi connectivity index (χ3n) is 1.60. The molecule has 2 aromatic heterocycles. The summed E-state index contributed by atoms with van der Waals surface area (Å²) >= 11 is 4.08. The summed E-state index contributed by atoms with van der Waals surface area (Å²) in [6.45, 7) is 0. The zero-order chi connectivity index (χ0) is 8.55. The zero-order valence-electron chi connectivity index (χ0n) is 6.47. The van der Waals surface area contributed by atoms with E-state index in [1.165, 1.54) is 7.58 Å². The number of nitrogens with one attached hydrogen (secondary N) is 1. The van der Waals surface area contributed by atoms with Gasteiger partial charge in [0.05, 0.1) is 13.1 Å². The minimum Gasteiger partial charge on any atom is -0.373 e. The maximum absolute atomic E-state index is 4.41. The van der Waals surface area contributed by atoms with E-state index in [4.69, 9.17) is 0 Å². The van der Waals surface area contributed by atoms with Crippen molar-refractivity contribution in [3.05, 3.63) is 21.1 Å². The molecule has 0 atom stereocenters. The van der Waals surface area contributed by atoms with E-state index in [9.17, 15) is 0 Å². The molecule has 0 aromatic carbocycles. The van der Waals surface area contributed by atoms with Crippen LogP contribution in [0.1, 0.15) is 0 Å². The second-order valence-corrected chi connectivity index (χ2v) is 5.36. The van der Waals surface area contributed by atoms with E-state index in [2.05, 4.69) is 45.0 Å². The third-order valence-corrected chi connectivity index (χ3v) is 3.45. The predicted octanol–water partition coefficient (Wildman–Crippen LogP) is 2.94. The van der Waals surface area contributed by atoms with Gasteiger partial charge < -0.3 is 5.32 Å². The van der Waals surface area contributed by atoms with E-state index in [0.29, 0.717) is 0 Å². The van der Waals surface area contributed by atoms with Crippen molar-refractivity contribution in [2.75, 3.05) is 12.4 Å². The Labute approximate surface area is 88.1 Å². The summed E-state index contributed by atoms with van der Waals surface area (Å²) in [5.74, 6) is 0.928. The molecule has 0 unspecified atom stereocenters. The minimum absolute atomic E-state index is 0.928. The Morgan fingerprint density at radius 2 is 2.33 bits per heavy atom. The molecule has 0 saturated heterocycles. The second-order valence-electron chi connectivity index (χ2n) is 2.38. The van der Waals surface area contributed by atoms with Gasteiger partial charge in [-0.05, 0) is 40.8 Å². The topological polar surface area (TPSA) is 24.9 Å². The van der Waals surface area contributed by atoms with Crippen LogP contribution in [0.25, 0.3) is 10.2 Å². The van der Waals surface area contributed by atoms with Crippen LogP contribution in [0.4, 0.5) is 5.82 Å². The highest BCUT2D eigenvalue weighted by Gasteiger charge is 2.00. The quantitative estimate of drug-likeness (QED) is 0.817. The van der Waals surface area contributed by atoms with Crippen LogP contribution in [0.3, 0.4) is 0 Å². The number of nitrogens with zero attached hydrogens (tertiary/aromatic N) is 1. The van der Waals surface area contributed by atoms with Crippen molar-refractivity contribution in [1.82, 2.24) is 4.98 Å². The fourth-order valence-corrected chi connectivity index (χ4v) is 2.77. The SMILES string of the molecule is CNc1ccc2sc(I)cc2n1. The summed E-state index contributed by atoms with van der Waals surface area (Å²) in [7, 11) is 1.88. The molecule has 4 heteroatoms. The first kappa shape index (κ1) is 8.25. The summed E-state index contributed by atoms with van der Waals surface area (Å²) in [5.41, 5.74) is 1.08. The number of anilines is 1. The molecule has 2 rings (SSSR count). The van der Waals surface area contributed by atoms with Gasteiger partial charge in [0, 0.05) is 7.05 Å². The Hall–Kier alpha value is -0.360. The smallest absolute Gasteiger partial charge is 0.126 e. The molecule has 2 heterocycles. The van der Waals surface area contributed by atoms with Crippen LogP contribution < -0.4 is 5.32 Å². The Balaban J connectivity index is 2.66. The highest BCUT2D eigenvalue weighted by Crippen LogP contribution is 2.26. The molecule has 1 N–H and O–H groups in total. The van der Waals surface area contributed by atoms with Gasteiger partial charge in [0.15, 0.2) is 0 Å². The van der Waals surface area contributed by atoms with Crippen molar-refractivity contribution in [3.8, 4) is 0 Å². The fraction of sp³-hybridized carbons (Fsp3) is 0.125. The van der Waals surface area contributed by atoms with Gasteiger partial charge in [0.1, 0.15) is 5.82 Å². The summed E-state index contributed by atoms with van der Waals surface area (Å²) in [5, 5.41) is 3.02. The maximum atomic E-state index is 4.41. The number of pyridine rings is 1. The molecule has 0 fully saturated rings. The Kier molecular flexibility index (Phi) is 2.18. The standard InChI is InChI=1S/C8H7IN2S/c1-10-8-3-2-6-5(11-8)4-7(9)12-6/h2-4H,1H3,(H,10,11). The predicted molar refractivity (Wildman–Crippen MR) is 61.9 cm³/mol. The number of hydrogen-bond acceptors (Lipinski definition) is 3. The molecule has 2 aromatic rings. The van der Waals surface area contributed by atoms with Crippen molar-refractivity contribution >= 4 is 50.0 Å². The summed E-state index contributed by atoms with van der Waals surface area (Å²) in [4.78, 5) is 4.41. The van der Waals surface area contributed by atoms with Crippen LogP contribution >= 0.6 is 33.9 Å². The van der Waals surface area contributed by atoms with E-state index in [1.54, 1.807) is 11.3 Å². The molecule has 0 amide bonds. The fourth-order valence-electron chi connectivity index (χ4n) is 1.03. The molecule has 0 radical (unpaired) electrons. The van der Waals surface area contributed by atoms with E-state index in [1.807, 2.05) is 13.1 Å². The molecule has 0 spiro atoms. The molecule has 62 valence electrons. The summed E-state index contributed by atoms with van der Waals surface area (Å²) in [6, 6.07) is 6.19. The first-order valence-electron chi connectivity index (χ1n) is 3.53. The molecule has 0 aliphatic heterocycles. The van der Waals surface area contributed by atoms with E-state index in [0.717, 1.165) is 11.3 Å². The van der Waals surface area contributed by atoms with Gasteiger partial charge in [-0.1, -0.05) is 0 Å². The normalized spacial score (nSPS) is 10.5. The average Bonchev–Trinajstić information content (AvgIpc) is 2.43. The van der Waals surface area contributed by atoms with Crippen LogP contribution in [-0.4, -0.2) is 12.0 Å². The van der Waals surface area contributed by atoms with Gasteiger partial charge in [-0.2, -0.15) is 0 Å². The van der Waals surface area contributed by atoms with E-state index >= 15 is 0 Å². The lowest BCUT2D eigenvalue weighted by Crippen LogP contribution is -1.89.